The van der Waals surface area contributed by atoms with Crippen LogP contribution in [0.25, 0.3) is 0 Å². The van der Waals surface area contributed by atoms with Gasteiger partial charge in [-0.3, -0.25) is 9.80 Å². The first-order valence-electron chi connectivity index (χ1n) is 9.80. The molecule has 4 rings (SSSR count). The Bertz CT molecular complexity index is 985. The lowest BCUT2D eigenvalue weighted by atomic mass is 9.86. The van der Waals surface area contributed by atoms with Crippen LogP contribution >= 0.6 is 12.2 Å². The minimum atomic E-state index is -0.947. The smallest absolute Gasteiger partial charge is 0.337 e. The van der Waals surface area contributed by atoms with Crippen LogP contribution in [0.5, 0.6) is 0 Å². The number of benzene rings is 2. The molecule has 5 nitrogen and oxygen atoms in total. The quantitative estimate of drug-likeness (QED) is 0.747. The zero-order valence-corrected chi connectivity index (χ0v) is 17.5. The molecule has 0 amide bonds. The fraction of sp³-hybridized carbons (Fsp3) is 0.304. The topological polar surface area (TPSA) is 55.8 Å². The highest BCUT2D eigenvalue weighted by atomic mass is 32.1. The summed E-state index contributed by atoms with van der Waals surface area (Å²) in [5.41, 5.74) is 4.27. The summed E-state index contributed by atoms with van der Waals surface area (Å²) >= 11 is 5.68. The standard InChI is InChI=1S/C23H25N3O2S/c1-23(2)18-15-25(14-16-8-4-3-5-9-16)13-12-20(18)26(22(29)24-23)19-11-7-6-10-17(19)21(27)28/h3-11H,12-15H2,1-2H3,(H,24,29)(H,27,28). The second-order valence-corrected chi connectivity index (χ2v) is 8.47. The molecule has 2 heterocycles. The third kappa shape index (κ3) is 3.78. The van der Waals surface area contributed by atoms with Crippen LogP contribution in [0.2, 0.25) is 0 Å². The normalized spacial score (nSPS) is 19.0. The third-order valence-electron chi connectivity index (χ3n) is 5.67. The van der Waals surface area contributed by atoms with E-state index in [0.717, 1.165) is 31.8 Å². The number of carboxylic acid groups (broad SMARTS) is 1. The van der Waals surface area contributed by atoms with E-state index in [-0.39, 0.29) is 11.1 Å². The van der Waals surface area contributed by atoms with Crippen LogP contribution in [0.15, 0.2) is 65.9 Å². The van der Waals surface area contributed by atoms with E-state index < -0.39 is 5.97 Å². The van der Waals surface area contributed by atoms with Crippen LogP contribution in [0.3, 0.4) is 0 Å². The van der Waals surface area contributed by atoms with Gasteiger partial charge in [0.1, 0.15) is 0 Å². The lowest BCUT2D eigenvalue weighted by Crippen LogP contribution is -2.59. The summed E-state index contributed by atoms with van der Waals surface area (Å²) in [6.45, 7) is 6.89. The minimum absolute atomic E-state index is 0.259. The Kier molecular flexibility index (Phi) is 5.15. The van der Waals surface area contributed by atoms with Gasteiger partial charge in [0.2, 0.25) is 0 Å². The molecule has 0 radical (unpaired) electrons. The van der Waals surface area contributed by atoms with Gasteiger partial charge in [0.25, 0.3) is 0 Å². The SMILES string of the molecule is CC1(C)NC(=S)N(c2ccccc2C(=O)O)C2=C1CN(Cc1ccccc1)CC2. The number of carbonyl (C=O) groups is 1. The number of aromatic carboxylic acids is 1. The summed E-state index contributed by atoms with van der Waals surface area (Å²) in [7, 11) is 0. The van der Waals surface area contributed by atoms with Crippen LogP contribution < -0.4 is 10.2 Å². The minimum Gasteiger partial charge on any atom is -0.478 e. The first-order chi connectivity index (χ1) is 13.9. The Morgan fingerprint density at radius 3 is 2.55 bits per heavy atom. The second-order valence-electron chi connectivity index (χ2n) is 8.08. The van der Waals surface area contributed by atoms with Gasteiger partial charge in [-0.25, -0.2) is 4.79 Å². The maximum absolute atomic E-state index is 11.8. The lowest BCUT2D eigenvalue weighted by molar-refractivity contribution is 0.0697. The summed E-state index contributed by atoms with van der Waals surface area (Å²) in [5, 5.41) is 13.7. The lowest BCUT2D eigenvalue weighted by Gasteiger charge is -2.48. The molecule has 0 spiro atoms. The van der Waals surface area contributed by atoms with Crippen molar-refractivity contribution in [2.24, 2.45) is 0 Å². The van der Waals surface area contributed by atoms with Crippen LogP contribution in [0.1, 0.15) is 36.2 Å². The van der Waals surface area contributed by atoms with E-state index in [9.17, 15) is 9.90 Å². The van der Waals surface area contributed by atoms with Crippen LogP contribution in [0.4, 0.5) is 5.69 Å². The van der Waals surface area contributed by atoms with Crippen molar-refractivity contribution in [3.05, 3.63) is 77.0 Å². The zero-order valence-electron chi connectivity index (χ0n) is 16.7. The molecule has 6 heteroatoms. The molecule has 0 saturated heterocycles. The third-order valence-corrected chi connectivity index (χ3v) is 5.95. The maximum Gasteiger partial charge on any atom is 0.337 e. The zero-order chi connectivity index (χ0) is 20.6. The number of hydrogen-bond acceptors (Lipinski definition) is 3. The van der Waals surface area contributed by atoms with E-state index >= 15 is 0 Å². The van der Waals surface area contributed by atoms with E-state index in [1.165, 1.54) is 11.1 Å². The Morgan fingerprint density at radius 1 is 1.14 bits per heavy atom. The predicted octanol–water partition coefficient (Wildman–Crippen LogP) is 4.02. The van der Waals surface area contributed by atoms with E-state index in [2.05, 4.69) is 48.3 Å². The van der Waals surface area contributed by atoms with Crippen molar-refractivity contribution in [3.63, 3.8) is 0 Å². The fourth-order valence-electron chi connectivity index (χ4n) is 4.22. The number of para-hydroxylation sites is 1. The average Bonchev–Trinajstić information content (AvgIpc) is 2.69. The number of nitrogens with zero attached hydrogens (tertiary/aromatic N) is 2. The van der Waals surface area contributed by atoms with Gasteiger partial charge in [-0.15, -0.1) is 0 Å². The molecule has 0 atom stereocenters. The van der Waals surface area contributed by atoms with Crippen molar-refractivity contribution in [1.29, 1.82) is 0 Å². The van der Waals surface area contributed by atoms with Gasteiger partial charge >= 0.3 is 5.97 Å². The van der Waals surface area contributed by atoms with Crippen molar-refractivity contribution in [2.75, 3.05) is 18.0 Å². The van der Waals surface area contributed by atoms with Gasteiger partial charge in [-0.2, -0.15) is 0 Å². The summed E-state index contributed by atoms with van der Waals surface area (Å²) in [5.74, 6) is -0.947. The van der Waals surface area contributed by atoms with Crippen molar-refractivity contribution < 1.29 is 9.90 Å². The molecule has 2 aromatic rings. The second kappa shape index (κ2) is 7.61. The summed E-state index contributed by atoms with van der Waals surface area (Å²) < 4.78 is 0. The molecular formula is C23H25N3O2S. The van der Waals surface area contributed by atoms with E-state index in [1.54, 1.807) is 12.1 Å². The largest absolute Gasteiger partial charge is 0.478 e. The number of thiocarbonyl (C=S) groups is 1. The number of anilines is 1. The van der Waals surface area contributed by atoms with Gasteiger partial charge in [0, 0.05) is 31.8 Å². The maximum atomic E-state index is 11.8. The van der Waals surface area contributed by atoms with Crippen molar-refractivity contribution in [2.45, 2.75) is 32.4 Å². The van der Waals surface area contributed by atoms with Gasteiger partial charge < -0.3 is 10.4 Å². The first kappa shape index (κ1) is 19.6. The molecule has 0 aliphatic carbocycles. The van der Waals surface area contributed by atoms with E-state index in [0.29, 0.717) is 10.8 Å². The number of rotatable bonds is 4. The summed E-state index contributed by atoms with van der Waals surface area (Å²) in [6, 6.07) is 17.5. The molecule has 0 fully saturated rings. The molecule has 150 valence electrons. The highest BCUT2D eigenvalue weighted by molar-refractivity contribution is 7.80. The molecule has 0 saturated carbocycles. The Labute approximate surface area is 176 Å². The van der Waals surface area contributed by atoms with Crippen molar-refractivity contribution in [1.82, 2.24) is 10.2 Å². The van der Waals surface area contributed by atoms with Crippen LogP contribution in [0, 0.1) is 0 Å². The highest BCUT2D eigenvalue weighted by Gasteiger charge is 2.40. The molecule has 0 unspecified atom stereocenters. The Balaban J connectivity index is 1.72. The summed E-state index contributed by atoms with van der Waals surface area (Å²) in [6.07, 6.45) is 0.821. The first-order valence-corrected chi connectivity index (χ1v) is 10.2. The van der Waals surface area contributed by atoms with Gasteiger partial charge in [-0.05, 0) is 49.3 Å². The van der Waals surface area contributed by atoms with Crippen LogP contribution in [-0.4, -0.2) is 39.7 Å². The summed E-state index contributed by atoms with van der Waals surface area (Å²) in [4.78, 5) is 16.2. The van der Waals surface area contributed by atoms with E-state index in [4.69, 9.17) is 12.2 Å². The Hall–Kier alpha value is -2.70. The predicted molar refractivity (Wildman–Crippen MR) is 119 cm³/mol. The molecule has 2 N–H and O–H groups in total. The molecule has 0 aromatic heterocycles. The number of carboxylic acids is 1. The molecular weight excluding hydrogens is 382 g/mol. The molecule has 2 aliphatic rings. The monoisotopic (exact) mass is 407 g/mol. The average molecular weight is 408 g/mol. The van der Waals surface area contributed by atoms with Gasteiger partial charge in [0.05, 0.1) is 16.8 Å². The van der Waals surface area contributed by atoms with Crippen LogP contribution in [-0.2, 0) is 6.54 Å². The molecule has 0 bridgehead atoms. The highest BCUT2D eigenvalue weighted by Crippen LogP contribution is 2.37. The molecule has 29 heavy (non-hydrogen) atoms. The molecule has 2 aliphatic heterocycles. The number of hydrogen-bond donors (Lipinski definition) is 2. The molecule has 2 aromatic carbocycles. The Morgan fingerprint density at radius 2 is 1.83 bits per heavy atom. The van der Waals surface area contributed by atoms with E-state index in [1.807, 2.05) is 23.1 Å². The van der Waals surface area contributed by atoms with Gasteiger partial charge in [-0.1, -0.05) is 42.5 Å². The number of nitrogens with one attached hydrogen (secondary N) is 1. The van der Waals surface area contributed by atoms with Crippen molar-refractivity contribution >= 4 is 29.0 Å². The van der Waals surface area contributed by atoms with Gasteiger partial charge in [0.15, 0.2) is 5.11 Å². The fourth-order valence-corrected chi connectivity index (χ4v) is 4.68. The van der Waals surface area contributed by atoms with Crippen molar-refractivity contribution in [3.8, 4) is 0 Å².